The lowest BCUT2D eigenvalue weighted by molar-refractivity contribution is 0.338. The van der Waals surface area contributed by atoms with Crippen molar-refractivity contribution in [1.82, 2.24) is 14.9 Å². The number of H-pyrrole nitrogens is 2. The lowest BCUT2D eigenvalue weighted by atomic mass is 10.1. The highest BCUT2D eigenvalue weighted by Gasteiger charge is 2.15. The summed E-state index contributed by atoms with van der Waals surface area (Å²) < 4.78 is 5.96. The zero-order chi connectivity index (χ0) is 21.3. The van der Waals surface area contributed by atoms with Crippen LogP contribution in [-0.4, -0.2) is 42.1 Å². The molecule has 1 aliphatic heterocycles. The standard InChI is InChI=1S/C25H30N4O/c1-6-30-24-15-23(27-22(24)14-21-16(2)13-17(3)26-21)25-19(11-12-29(4)5)18-9-7-8-10-20(18)28-25/h7-10,13-15,26-27H,6,11-12H2,1-5H3/b22-14?,25-23-. The third-order valence-electron chi connectivity index (χ3n) is 5.40. The largest absolute Gasteiger partial charge is 0.492 e. The number of hydrogen-bond acceptors (Lipinski definition) is 3. The molecule has 0 atom stereocenters. The lowest BCUT2D eigenvalue weighted by Gasteiger charge is -2.10. The number of para-hydroxylation sites is 1. The fourth-order valence-corrected chi connectivity index (χ4v) is 3.96. The molecule has 0 radical (unpaired) electrons. The van der Waals surface area contributed by atoms with Crippen LogP contribution in [0.2, 0.25) is 0 Å². The van der Waals surface area contributed by atoms with E-state index < -0.39 is 0 Å². The van der Waals surface area contributed by atoms with E-state index in [0.717, 1.165) is 51.9 Å². The lowest BCUT2D eigenvalue weighted by Crippen LogP contribution is -2.23. The summed E-state index contributed by atoms with van der Waals surface area (Å²) in [4.78, 5) is 14.2. The maximum Gasteiger partial charge on any atom is 0.144 e. The molecule has 3 aromatic rings. The van der Waals surface area contributed by atoms with E-state index in [9.17, 15) is 0 Å². The number of aromatic amines is 2. The molecule has 1 aromatic carbocycles. The average Bonchev–Trinajstić information content (AvgIpc) is 3.36. The first-order chi connectivity index (χ1) is 14.5. The summed E-state index contributed by atoms with van der Waals surface area (Å²) in [5.41, 5.74) is 5.75. The normalized spacial score (nSPS) is 15.7. The SMILES string of the molecule is CCOc1c/c(=C2/N=c3ccccc3=C2CCN(C)C)[nH]c1=Cc1[nH]c(C)cc1C. The minimum absolute atomic E-state index is 0.616. The molecule has 0 saturated heterocycles. The fraction of sp³-hybridized carbons (Fsp3) is 0.320. The van der Waals surface area contributed by atoms with Crippen LogP contribution in [0, 0.1) is 13.8 Å². The van der Waals surface area contributed by atoms with Crippen molar-refractivity contribution in [1.29, 1.82) is 0 Å². The molecule has 0 bridgehead atoms. The van der Waals surface area contributed by atoms with E-state index in [0.29, 0.717) is 6.61 Å². The van der Waals surface area contributed by atoms with Gasteiger partial charge in [0, 0.05) is 29.2 Å². The van der Waals surface area contributed by atoms with Gasteiger partial charge < -0.3 is 19.6 Å². The van der Waals surface area contributed by atoms with E-state index in [-0.39, 0.29) is 0 Å². The second kappa shape index (κ2) is 8.36. The van der Waals surface area contributed by atoms with Crippen LogP contribution in [0.15, 0.2) is 41.4 Å². The number of nitrogens with zero attached hydrogens (tertiary/aromatic N) is 2. The number of nitrogens with one attached hydrogen (secondary N) is 2. The van der Waals surface area contributed by atoms with Crippen LogP contribution in [0.1, 0.15) is 30.3 Å². The Balaban J connectivity index is 1.92. The summed E-state index contributed by atoms with van der Waals surface area (Å²) in [7, 11) is 4.21. The molecule has 2 aromatic heterocycles. The highest BCUT2D eigenvalue weighted by Crippen LogP contribution is 2.18. The molecule has 3 heterocycles. The molecule has 156 valence electrons. The van der Waals surface area contributed by atoms with Crippen molar-refractivity contribution < 1.29 is 4.74 Å². The zero-order valence-corrected chi connectivity index (χ0v) is 18.5. The smallest absolute Gasteiger partial charge is 0.144 e. The minimum Gasteiger partial charge on any atom is -0.492 e. The van der Waals surface area contributed by atoms with Gasteiger partial charge in [-0.25, -0.2) is 4.99 Å². The molecule has 30 heavy (non-hydrogen) atoms. The monoisotopic (exact) mass is 402 g/mol. The van der Waals surface area contributed by atoms with Crippen LogP contribution in [0.3, 0.4) is 0 Å². The Morgan fingerprint density at radius 3 is 2.60 bits per heavy atom. The van der Waals surface area contributed by atoms with E-state index in [1.807, 2.05) is 13.0 Å². The van der Waals surface area contributed by atoms with Gasteiger partial charge in [-0.05, 0) is 70.6 Å². The first-order valence-corrected chi connectivity index (χ1v) is 10.5. The maximum atomic E-state index is 5.96. The number of hydrogen-bond donors (Lipinski definition) is 2. The van der Waals surface area contributed by atoms with Gasteiger partial charge in [0.2, 0.25) is 0 Å². The molecule has 1 aliphatic rings. The second-order valence-corrected chi connectivity index (χ2v) is 8.10. The van der Waals surface area contributed by atoms with Gasteiger partial charge >= 0.3 is 0 Å². The van der Waals surface area contributed by atoms with Crippen molar-refractivity contribution in [3.05, 3.63) is 74.6 Å². The minimum atomic E-state index is 0.616. The second-order valence-electron chi connectivity index (χ2n) is 8.10. The molecular formula is C25H30N4O. The van der Waals surface area contributed by atoms with Crippen LogP contribution in [0.25, 0.3) is 17.3 Å². The first-order valence-electron chi connectivity index (χ1n) is 10.5. The van der Waals surface area contributed by atoms with E-state index in [1.54, 1.807) is 0 Å². The maximum absolute atomic E-state index is 5.96. The van der Waals surface area contributed by atoms with E-state index in [2.05, 4.69) is 79.2 Å². The molecule has 5 heteroatoms. The van der Waals surface area contributed by atoms with Crippen molar-refractivity contribution in [2.75, 3.05) is 27.2 Å². The summed E-state index contributed by atoms with van der Waals surface area (Å²) >= 11 is 0. The number of aryl methyl sites for hydroxylation is 2. The number of ether oxygens (including phenoxy) is 1. The van der Waals surface area contributed by atoms with Gasteiger partial charge in [0.15, 0.2) is 0 Å². The van der Waals surface area contributed by atoms with Crippen molar-refractivity contribution in [2.45, 2.75) is 27.2 Å². The molecule has 4 rings (SSSR count). The third-order valence-corrected chi connectivity index (χ3v) is 5.40. The number of aromatic nitrogens is 2. The van der Waals surface area contributed by atoms with Crippen molar-refractivity contribution in [2.24, 2.45) is 4.99 Å². The Labute approximate surface area is 177 Å². The van der Waals surface area contributed by atoms with Gasteiger partial charge in [0.25, 0.3) is 0 Å². The molecule has 0 unspecified atom stereocenters. The van der Waals surface area contributed by atoms with E-state index in [1.165, 1.54) is 16.4 Å². The van der Waals surface area contributed by atoms with Crippen LogP contribution >= 0.6 is 0 Å². The average molecular weight is 403 g/mol. The van der Waals surface area contributed by atoms with Gasteiger partial charge in [0.1, 0.15) is 5.75 Å². The molecule has 0 amide bonds. The summed E-state index contributed by atoms with van der Waals surface area (Å²) in [6.07, 6.45) is 3.07. The van der Waals surface area contributed by atoms with Crippen LogP contribution in [-0.2, 0) is 0 Å². The van der Waals surface area contributed by atoms with Crippen LogP contribution in [0.5, 0.6) is 5.75 Å². The Kier molecular flexibility index (Phi) is 5.64. The molecular weight excluding hydrogens is 372 g/mol. The Morgan fingerprint density at radius 2 is 1.90 bits per heavy atom. The topological polar surface area (TPSA) is 56.4 Å². The first kappa shape index (κ1) is 20.2. The quantitative estimate of drug-likeness (QED) is 0.660. The zero-order valence-electron chi connectivity index (χ0n) is 18.5. The predicted octanol–water partition coefficient (Wildman–Crippen LogP) is 1.73. The van der Waals surface area contributed by atoms with Gasteiger partial charge in [-0.3, -0.25) is 0 Å². The van der Waals surface area contributed by atoms with Crippen LogP contribution in [0.4, 0.5) is 0 Å². The number of rotatable bonds is 6. The molecule has 5 nitrogen and oxygen atoms in total. The number of fused-ring (bicyclic) bond motifs is 1. The van der Waals surface area contributed by atoms with Gasteiger partial charge in [-0.15, -0.1) is 0 Å². The summed E-state index contributed by atoms with van der Waals surface area (Å²) in [6.45, 7) is 7.79. The summed E-state index contributed by atoms with van der Waals surface area (Å²) in [5.74, 6) is 0.852. The van der Waals surface area contributed by atoms with Gasteiger partial charge in [-0.2, -0.15) is 0 Å². The van der Waals surface area contributed by atoms with E-state index in [4.69, 9.17) is 9.73 Å². The Hall–Kier alpha value is -3.05. The summed E-state index contributed by atoms with van der Waals surface area (Å²) in [5, 5.41) is 4.22. The highest BCUT2D eigenvalue weighted by atomic mass is 16.5. The third kappa shape index (κ3) is 3.98. The molecule has 0 saturated carbocycles. The molecule has 0 aliphatic carbocycles. The van der Waals surface area contributed by atoms with Crippen LogP contribution < -0.4 is 26.0 Å². The number of benzene rings is 1. The molecule has 0 fully saturated rings. The fourth-order valence-electron chi connectivity index (χ4n) is 3.96. The van der Waals surface area contributed by atoms with Crippen molar-refractivity contribution >= 4 is 17.3 Å². The van der Waals surface area contributed by atoms with Crippen molar-refractivity contribution in [3.8, 4) is 5.75 Å². The predicted molar refractivity (Wildman–Crippen MR) is 122 cm³/mol. The molecule has 2 N–H and O–H groups in total. The highest BCUT2D eigenvalue weighted by molar-refractivity contribution is 5.89. The Morgan fingerprint density at radius 1 is 1.10 bits per heavy atom. The molecule has 0 spiro atoms. The van der Waals surface area contributed by atoms with Crippen molar-refractivity contribution in [3.63, 3.8) is 0 Å². The van der Waals surface area contributed by atoms with Gasteiger partial charge in [0.05, 0.1) is 28.4 Å². The van der Waals surface area contributed by atoms with Gasteiger partial charge in [-0.1, -0.05) is 18.2 Å². The Bertz CT molecular complexity index is 1310. The van der Waals surface area contributed by atoms with E-state index >= 15 is 0 Å². The summed E-state index contributed by atoms with van der Waals surface area (Å²) in [6, 6.07) is 12.6.